The first-order chi connectivity index (χ1) is 12.8. The number of aromatic carboxylic acids is 1. The summed E-state index contributed by atoms with van der Waals surface area (Å²) in [4.78, 5) is 38.1. The number of H-pyrrole nitrogens is 1. The van der Waals surface area contributed by atoms with Gasteiger partial charge in [0.2, 0.25) is 0 Å². The smallest absolute Gasteiger partial charge is 0.339 e. The number of amides is 1. The number of hydrogen-bond acceptors (Lipinski definition) is 7. The zero-order chi connectivity index (χ0) is 19.3. The van der Waals surface area contributed by atoms with Crippen LogP contribution in [0.1, 0.15) is 25.6 Å². The van der Waals surface area contributed by atoms with Crippen molar-refractivity contribution in [1.82, 2.24) is 19.9 Å². The molecule has 0 unspecified atom stereocenters. The van der Waals surface area contributed by atoms with Gasteiger partial charge in [-0.25, -0.2) is 14.8 Å². The Morgan fingerprint density at radius 1 is 1.37 bits per heavy atom. The van der Waals surface area contributed by atoms with Crippen molar-refractivity contribution in [3.63, 3.8) is 0 Å². The molecule has 1 aliphatic rings. The molecule has 0 atom stereocenters. The Kier molecular flexibility index (Phi) is 4.17. The number of aromatic amines is 1. The number of nitrogens with one attached hydrogen (secondary N) is 1. The molecule has 1 amide bonds. The molecule has 9 nitrogen and oxygen atoms in total. The Labute approximate surface area is 156 Å². The van der Waals surface area contributed by atoms with Crippen molar-refractivity contribution in [2.75, 3.05) is 13.1 Å². The van der Waals surface area contributed by atoms with Gasteiger partial charge in [0, 0.05) is 25.2 Å². The van der Waals surface area contributed by atoms with Crippen molar-refractivity contribution in [3.05, 3.63) is 34.5 Å². The van der Waals surface area contributed by atoms with Crippen LogP contribution >= 0.6 is 11.3 Å². The van der Waals surface area contributed by atoms with Crippen molar-refractivity contribution < 1.29 is 24.9 Å². The molecule has 1 saturated heterocycles. The van der Waals surface area contributed by atoms with Gasteiger partial charge in [0.1, 0.15) is 11.1 Å². The van der Waals surface area contributed by atoms with Gasteiger partial charge in [-0.05, 0) is 18.6 Å². The third-order valence-electron chi connectivity index (χ3n) is 4.59. The number of rotatable bonds is 4. The third-order valence-corrected chi connectivity index (χ3v) is 5.84. The van der Waals surface area contributed by atoms with Crippen molar-refractivity contribution in [2.45, 2.75) is 13.2 Å². The summed E-state index contributed by atoms with van der Waals surface area (Å²) in [5.41, 5.74) is 1.96. The van der Waals surface area contributed by atoms with E-state index in [9.17, 15) is 14.7 Å². The van der Waals surface area contributed by atoms with Gasteiger partial charge in [-0.3, -0.25) is 4.79 Å². The zero-order valence-corrected chi connectivity index (χ0v) is 15.0. The largest absolute Gasteiger partial charge is 0.478 e. The average Bonchev–Trinajstić information content (AvgIpc) is 3.15. The summed E-state index contributed by atoms with van der Waals surface area (Å²) in [6.07, 6.45) is 1.47. The van der Waals surface area contributed by atoms with Crippen LogP contribution in [0.25, 0.3) is 21.7 Å². The molecular formula is C17H16N4O5S. The number of carboxylic acid groups (broad SMARTS) is 1. The number of aryl methyl sites for hydroxylation is 1. The minimum absolute atomic E-state index is 0.0399. The number of likely N-dealkylation sites (tertiary alicyclic amines) is 1. The highest BCUT2D eigenvalue weighted by Gasteiger charge is 2.36. The second-order valence-corrected chi connectivity index (χ2v) is 7.52. The van der Waals surface area contributed by atoms with E-state index < -0.39 is 12.3 Å². The van der Waals surface area contributed by atoms with E-state index in [0.717, 1.165) is 5.56 Å². The first-order valence-electron chi connectivity index (χ1n) is 8.18. The quantitative estimate of drug-likeness (QED) is 0.490. The highest BCUT2D eigenvalue weighted by atomic mass is 32.1. The lowest BCUT2D eigenvalue weighted by Crippen LogP contribution is -2.54. The molecule has 0 aliphatic carbocycles. The highest BCUT2D eigenvalue weighted by molar-refractivity contribution is 7.17. The second kappa shape index (κ2) is 6.41. The van der Waals surface area contributed by atoms with E-state index in [2.05, 4.69) is 15.0 Å². The normalized spacial score (nSPS) is 14.7. The summed E-state index contributed by atoms with van der Waals surface area (Å²) in [5.74, 6) is -1.57. The van der Waals surface area contributed by atoms with E-state index >= 15 is 0 Å². The number of aliphatic hydroxyl groups is 2. The van der Waals surface area contributed by atoms with Crippen molar-refractivity contribution in [3.8, 4) is 10.6 Å². The van der Waals surface area contributed by atoms with Crippen LogP contribution in [0.5, 0.6) is 0 Å². The number of hydrogen-bond donors (Lipinski definition) is 4. The molecule has 140 valence electrons. The molecule has 4 rings (SSSR count). The molecular weight excluding hydrogens is 372 g/mol. The molecule has 0 radical (unpaired) electrons. The van der Waals surface area contributed by atoms with Crippen LogP contribution in [-0.4, -0.2) is 66.4 Å². The molecule has 10 heteroatoms. The maximum atomic E-state index is 12.6. The molecule has 0 aromatic carbocycles. The first kappa shape index (κ1) is 17.6. The number of fused-ring (bicyclic) bond motifs is 1. The number of thiophene rings is 1. The summed E-state index contributed by atoms with van der Waals surface area (Å²) in [6, 6.07) is 1.82. The van der Waals surface area contributed by atoms with Crippen LogP contribution in [0.2, 0.25) is 0 Å². The second-order valence-electron chi connectivity index (χ2n) is 6.47. The minimum Gasteiger partial charge on any atom is -0.478 e. The summed E-state index contributed by atoms with van der Waals surface area (Å²) in [6.45, 7) is 2.43. The Hall–Kier alpha value is -2.82. The average molecular weight is 388 g/mol. The van der Waals surface area contributed by atoms with E-state index in [4.69, 9.17) is 10.2 Å². The van der Waals surface area contributed by atoms with Crippen molar-refractivity contribution in [1.29, 1.82) is 0 Å². The topological polar surface area (TPSA) is 140 Å². The first-order valence-corrected chi connectivity index (χ1v) is 9.00. The number of nitrogens with zero attached hydrogens (tertiary/aromatic N) is 3. The van der Waals surface area contributed by atoms with Crippen LogP contribution in [0.3, 0.4) is 0 Å². The van der Waals surface area contributed by atoms with E-state index in [0.29, 0.717) is 34.2 Å². The fourth-order valence-electron chi connectivity index (χ4n) is 3.00. The Morgan fingerprint density at radius 3 is 2.78 bits per heavy atom. The third kappa shape index (κ3) is 2.97. The van der Waals surface area contributed by atoms with E-state index in [1.807, 2.05) is 13.0 Å². The zero-order valence-electron chi connectivity index (χ0n) is 14.2. The van der Waals surface area contributed by atoms with Gasteiger partial charge in [-0.1, -0.05) is 0 Å². The molecule has 4 N–H and O–H groups in total. The molecule has 1 fully saturated rings. The number of carboxylic acids is 1. The molecule has 1 aliphatic heterocycles. The van der Waals surface area contributed by atoms with Crippen molar-refractivity contribution >= 4 is 34.4 Å². The number of aliphatic hydroxyl groups excluding tert-OH is 1. The fraction of sp³-hybridized carbons (Fsp3) is 0.294. The molecule has 3 aromatic rings. The summed E-state index contributed by atoms with van der Waals surface area (Å²) < 4.78 is 0. The van der Waals surface area contributed by atoms with Crippen LogP contribution < -0.4 is 0 Å². The molecule has 0 spiro atoms. The van der Waals surface area contributed by atoms with E-state index in [1.165, 1.54) is 23.7 Å². The SMILES string of the molecule is Cc1cc(-c2cnc3[nH]cc(C(=O)O)c3n2)sc1C(=O)N1CC(C(O)O)C1. The van der Waals surface area contributed by atoms with Gasteiger partial charge in [0.15, 0.2) is 11.9 Å². The Balaban J connectivity index is 1.63. The number of carbonyl (C=O) groups excluding carboxylic acids is 1. The van der Waals surface area contributed by atoms with Crippen molar-refractivity contribution in [2.24, 2.45) is 5.92 Å². The highest BCUT2D eigenvalue weighted by Crippen LogP contribution is 2.33. The van der Waals surface area contributed by atoms with Gasteiger partial charge in [0.25, 0.3) is 5.91 Å². The van der Waals surface area contributed by atoms with Crippen LogP contribution in [-0.2, 0) is 0 Å². The minimum atomic E-state index is -1.42. The van der Waals surface area contributed by atoms with Crippen LogP contribution in [0.15, 0.2) is 18.5 Å². The maximum absolute atomic E-state index is 12.6. The van der Waals surface area contributed by atoms with E-state index in [1.54, 1.807) is 4.90 Å². The van der Waals surface area contributed by atoms with Gasteiger partial charge in [-0.15, -0.1) is 11.3 Å². The Morgan fingerprint density at radius 2 is 2.11 bits per heavy atom. The lowest BCUT2D eigenvalue weighted by Gasteiger charge is -2.39. The van der Waals surface area contributed by atoms with Crippen LogP contribution in [0.4, 0.5) is 0 Å². The number of carbonyl (C=O) groups is 2. The van der Waals surface area contributed by atoms with Crippen LogP contribution in [0, 0.1) is 12.8 Å². The molecule has 0 saturated carbocycles. The van der Waals surface area contributed by atoms with Gasteiger partial charge in [-0.2, -0.15) is 0 Å². The van der Waals surface area contributed by atoms with E-state index in [-0.39, 0.29) is 22.9 Å². The molecule has 0 bridgehead atoms. The molecule has 3 aromatic heterocycles. The Bertz CT molecular complexity index is 1050. The monoisotopic (exact) mass is 388 g/mol. The van der Waals surface area contributed by atoms with Gasteiger partial charge in [0.05, 0.1) is 21.6 Å². The predicted octanol–water partition coefficient (Wildman–Crippen LogP) is 1.08. The van der Waals surface area contributed by atoms with Gasteiger partial charge >= 0.3 is 5.97 Å². The van der Waals surface area contributed by atoms with Gasteiger partial charge < -0.3 is 25.2 Å². The maximum Gasteiger partial charge on any atom is 0.339 e. The number of aromatic nitrogens is 3. The molecule has 4 heterocycles. The summed E-state index contributed by atoms with van der Waals surface area (Å²) in [7, 11) is 0. The summed E-state index contributed by atoms with van der Waals surface area (Å²) in [5, 5.41) is 27.5. The molecule has 27 heavy (non-hydrogen) atoms. The lowest BCUT2D eigenvalue weighted by atomic mass is 9.99. The lowest BCUT2D eigenvalue weighted by molar-refractivity contribution is -0.120. The fourth-order valence-corrected chi connectivity index (χ4v) is 4.10. The standard InChI is InChI=1S/C17H16N4O5S/c1-7-2-11(27-13(7)15(22)21-5-8(6-21)16(23)24)10-4-19-14-12(20-10)9(3-18-14)17(25)26/h2-4,8,16,23-24H,5-6H2,1H3,(H,18,19)(H,25,26). The summed E-state index contributed by atoms with van der Waals surface area (Å²) >= 11 is 1.26. The predicted molar refractivity (Wildman–Crippen MR) is 96.5 cm³/mol.